The predicted molar refractivity (Wildman–Crippen MR) is 123 cm³/mol. The highest BCUT2D eigenvalue weighted by Gasteiger charge is 2.24. The second-order valence-electron chi connectivity index (χ2n) is 7.32. The molecule has 1 aliphatic heterocycles. The lowest BCUT2D eigenvalue weighted by atomic mass is 10.2. The first-order valence-corrected chi connectivity index (χ1v) is 12.0. The summed E-state index contributed by atoms with van der Waals surface area (Å²) in [5.74, 6) is -3.20. The van der Waals surface area contributed by atoms with Gasteiger partial charge in [0.1, 0.15) is 0 Å². The van der Waals surface area contributed by atoms with Crippen LogP contribution in [0.25, 0.3) is 11.3 Å². The molecule has 3 amide bonds. The van der Waals surface area contributed by atoms with Crippen molar-refractivity contribution >= 4 is 50.8 Å². The standard InChI is InChI=1S/C21H19F2N5O4S2/c1-11(18(30)27-19-26-16(10-33-19)12-3-4-14(22)15(23)7-12)32-17(29)8-13-9-34-21(25-13)28-6-2-5-24-20(28)31/h3-4,7,9-11H,2,5-6,8H2,1H3,(H,24,31)(H,26,27,30). The highest BCUT2D eigenvalue weighted by molar-refractivity contribution is 7.14. The Bertz CT molecular complexity index is 1230. The quantitative estimate of drug-likeness (QED) is 0.473. The number of amides is 3. The number of urea groups is 1. The van der Waals surface area contributed by atoms with Gasteiger partial charge in [-0.1, -0.05) is 0 Å². The van der Waals surface area contributed by atoms with Gasteiger partial charge in [-0.25, -0.2) is 23.5 Å². The van der Waals surface area contributed by atoms with E-state index in [0.717, 1.165) is 29.9 Å². The number of esters is 1. The van der Waals surface area contributed by atoms with Gasteiger partial charge in [0.15, 0.2) is 28.0 Å². The molecule has 0 aliphatic carbocycles. The van der Waals surface area contributed by atoms with E-state index in [4.69, 9.17) is 4.74 Å². The molecule has 1 fully saturated rings. The van der Waals surface area contributed by atoms with E-state index in [2.05, 4.69) is 20.6 Å². The Hall–Kier alpha value is -3.45. The number of thiazole rings is 2. The normalized spacial score (nSPS) is 14.4. The smallest absolute Gasteiger partial charge is 0.323 e. The Balaban J connectivity index is 1.30. The lowest BCUT2D eigenvalue weighted by Gasteiger charge is -2.24. The fraction of sp³-hybridized carbons (Fsp3) is 0.286. The zero-order valence-electron chi connectivity index (χ0n) is 17.8. The third-order valence-electron chi connectivity index (χ3n) is 4.80. The number of carbonyl (C=O) groups is 3. The molecule has 3 heterocycles. The maximum atomic E-state index is 13.4. The first-order chi connectivity index (χ1) is 16.3. The maximum Gasteiger partial charge on any atom is 0.323 e. The fourth-order valence-electron chi connectivity index (χ4n) is 3.08. The Morgan fingerprint density at radius 1 is 1.24 bits per heavy atom. The second kappa shape index (κ2) is 10.2. The summed E-state index contributed by atoms with van der Waals surface area (Å²) in [5.41, 5.74) is 1.16. The van der Waals surface area contributed by atoms with Gasteiger partial charge in [0.25, 0.3) is 5.91 Å². The molecule has 2 aromatic heterocycles. The maximum absolute atomic E-state index is 13.4. The van der Waals surface area contributed by atoms with Crippen LogP contribution in [0.5, 0.6) is 0 Å². The highest BCUT2D eigenvalue weighted by Crippen LogP contribution is 2.26. The molecule has 1 saturated heterocycles. The number of aromatic nitrogens is 2. The van der Waals surface area contributed by atoms with Crippen LogP contribution in [0.3, 0.4) is 0 Å². The van der Waals surface area contributed by atoms with E-state index < -0.39 is 29.6 Å². The molecule has 1 unspecified atom stereocenters. The van der Waals surface area contributed by atoms with E-state index in [1.165, 1.54) is 29.2 Å². The van der Waals surface area contributed by atoms with Crippen molar-refractivity contribution in [2.75, 3.05) is 23.3 Å². The van der Waals surface area contributed by atoms with E-state index in [-0.39, 0.29) is 17.6 Å². The van der Waals surface area contributed by atoms with Crippen LogP contribution in [0.4, 0.5) is 23.8 Å². The van der Waals surface area contributed by atoms with Gasteiger partial charge >= 0.3 is 12.0 Å². The van der Waals surface area contributed by atoms with Crippen LogP contribution in [-0.2, 0) is 20.7 Å². The molecule has 13 heteroatoms. The number of hydrogen-bond donors (Lipinski definition) is 2. The molecule has 1 atom stereocenters. The molecule has 4 rings (SSSR count). The van der Waals surface area contributed by atoms with Gasteiger partial charge in [-0.2, -0.15) is 0 Å². The summed E-state index contributed by atoms with van der Waals surface area (Å²) in [6.07, 6.45) is -0.452. The molecular formula is C21H19F2N5O4S2. The Morgan fingerprint density at radius 3 is 2.82 bits per heavy atom. The molecule has 0 bridgehead atoms. The van der Waals surface area contributed by atoms with Crippen molar-refractivity contribution in [1.29, 1.82) is 0 Å². The number of benzene rings is 1. The number of carbonyl (C=O) groups excluding carboxylic acids is 3. The molecule has 3 aromatic rings. The highest BCUT2D eigenvalue weighted by atomic mass is 32.1. The van der Waals surface area contributed by atoms with Gasteiger partial charge in [0.2, 0.25) is 0 Å². The molecule has 2 N–H and O–H groups in total. The molecule has 178 valence electrons. The third kappa shape index (κ3) is 5.54. The molecule has 0 radical (unpaired) electrons. The first-order valence-electron chi connectivity index (χ1n) is 10.2. The molecule has 34 heavy (non-hydrogen) atoms. The van der Waals surface area contributed by atoms with Crippen molar-refractivity contribution in [3.63, 3.8) is 0 Å². The zero-order chi connectivity index (χ0) is 24.2. The number of ether oxygens (including phenoxy) is 1. The largest absolute Gasteiger partial charge is 0.452 e. The van der Waals surface area contributed by atoms with Gasteiger partial charge < -0.3 is 10.1 Å². The third-order valence-corrected chi connectivity index (χ3v) is 6.47. The molecule has 0 spiro atoms. The number of nitrogens with zero attached hydrogens (tertiary/aromatic N) is 3. The van der Waals surface area contributed by atoms with Crippen LogP contribution in [0, 0.1) is 11.6 Å². The Labute approximate surface area is 200 Å². The van der Waals surface area contributed by atoms with Crippen molar-refractivity contribution in [3.8, 4) is 11.3 Å². The molecule has 9 nitrogen and oxygen atoms in total. The summed E-state index contributed by atoms with van der Waals surface area (Å²) in [6, 6.07) is 3.17. The number of halogens is 2. The molecule has 0 saturated carbocycles. The monoisotopic (exact) mass is 507 g/mol. The van der Waals surface area contributed by atoms with Crippen molar-refractivity contribution in [2.24, 2.45) is 0 Å². The van der Waals surface area contributed by atoms with E-state index in [9.17, 15) is 23.2 Å². The Morgan fingerprint density at radius 2 is 2.06 bits per heavy atom. The minimum Gasteiger partial charge on any atom is -0.452 e. The predicted octanol–water partition coefficient (Wildman–Crippen LogP) is 3.58. The minimum atomic E-state index is -1.10. The lowest BCUT2D eigenvalue weighted by molar-refractivity contribution is -0.152. The van der Waals surface area contributed by atoms with Crippen LogP contribution in [0.15, 0.2) is 29.0 Å². The van der Waals surface area contributed by atoms with Gasteiger partial charge in [0.05, 0.1) is 17.8 Å². The van der Waals surface area contributed by atoms with Gasteiger partial charge in [-0.3, -0.25) is 19.8 Å². The lowest BCUT2D eigenvalue weighted by Crippen LogP contribution is -2.46. The van der Waals surface area contributed by atoms with E-state index in [1.54, 1.807) is 10.8 Å². The van der Waals surface area contributed by atoms with Gasteiger partial charge in [-0.05, 0) is 31.5 Å². The topological polar surface area (TPSA) is 114 Å². The zero-order valence-corrected chi connectivity index (χ0v) is 19.5. The van der Waals surface area contributed by atoms with Gasteiger partial charge in [0, 0.05) is 29.4 Å². The summed E-state index contributed by atoms with van der Waals surface area (Å²) in [7, 11) is 0. The number of rotatable bonds is 7. The summed E-state index contributed by atoms with van der Waals surface area (Å²) in [5, 5.41) is 9.24. The van der Waals surface area contributed by atoms with Crippen LogP contribution in [0.1, 0.15) is 19.0 Å². The van der Waals surface area contributed by atoms with Crippen LogP contribution >= 0.6 is 22.7 Å². The second-order valence-corrected chi connectivity index (χ2v) is 9.02. The van der Waals surface area contributed by atoms with E-state index >= 15 is 0 Å². The number of nitrogens with one attached hydrogen (secondary N) is 2. The molecule has 1 aliphatic rings. The average molecular weight is 508 g/mol. The van der Waals surface area contributed by atoms with Crippen molar-refractivity contribution in [1.82, 2.24) is 15.3 Å². The van der Waals surface area contributed by atoms with Crippen molar-refractivity contribution < 1.29 is 27.9 Å². The van der Waals surface area contributed by atoms with Crippen molar-refractivity contribution in [3.05, 3.63) is 46.3 Å². The SMILES string of the molecule is CC(OC(=O)Cc1csc(N2CCCNC2=O)n1)C(=O)Nc1nc(-c2ccc(F)c(F)c2)cs1. The first kappa shape index (κ1) is 23.7. The molecular weight excluding hydrogens is 488 g/mol. The summed E-state index contributed by atoms with van der Waals surface area (Å²) < 4.78 is 31.7. The van der Waals surface area contributed by atoms with Crippen LogP contribution < -0.4 is 15.5 Å². The fourth-order valence-corrected chi connectivity index (χ4v) is 4.65. The van der Waals surface area contributed by atoms with Crippen LogP contribution in [0.2, 0.25) is 0 Å². The summed E-state index contributed by atoms with van der Waals surface area (Å²) >= 11 is 2.34. The Kier molecular flexibility index (Phi) is 7.12. The van der Waals surface area contributed by atoms with Gasteiger partial charge in [-0.15, -0.1) is 22.7 Å². The molecule has 1 aromatic carbocycles. The van der Waals surface area contributed by atoms with E-state index in [0.29, 0.717) is 35.2 Å². The number of hydrogen-bond acceptors (Lipinski definition) is 8. The summed E-state index contributed by atoms with van der Waals surface area (Å²) in [4.78, 5) is 46.6. The average Bonchev–Trinajstić information content (AvgIpc) is 3.45. The summed E-state index contributed by atoms with van der Waals surface area (Å²) in [6.45, 7) is 2.59. The van der Waals surface area contributed by atoms with Crippen LogP contribution in [-0.4, -0.2) is 47.1 Å². The van der Waals surface area contributed by atoms with E-state index in [1.807, 2.05) is 0 Å². The number of anilines is 2. The van der Waals surface area contributed by atoms with Crippen molar-refractivity contribution in [2.45, 2.75) is 25.9 Å². The minimum absolute atomic E-state index is 0.152.